The van der Waals surface area contributed by atoms with Crippen LogP contribution >= 0.6 is 0 Å². The monoisotopic (exact) mass is 1310 g/mol. The molecule has 4 aliphatic carbocycles. The molecule has 0 aromatic heterocycles. The van der Waals surface area contributed by atoms with Crippen LogP contribution in [0, 0.1) is 51.8 Å². The Hall–Kier alpha value is -5.60. The lowest BCUT2D eigenvalue weighted by molar-refractivity contribution is -0.389. The Morgan fingerprint density at radius 1 is 0.570 bits per heavy atom. The van der Waals surface area contributed by atoms with Gasteiger partial charge >= 0.3 is 47.8 Å². The van der Waals surface area contributed by atoms with Crippen molar-refractivity contribution in [2.24, 2.45) is 51.8 Å². The minimum Gasteiger partial charge on any atom is -0.459 e. The van der Waals surface area contributed by atoms with Crippen molar-refractivity contribution in [2.75, 3.05) is 13.2 Å². The minimum absolute atomic E-state index is 0.0873. The van der Waals surface area contributed by atoms with E-state index in [1.807, 2.05) is 0 Å². The van der Waals surface area contributed by atoms with Gasteiger partial charge in [-0.2, -0.15) is 0 Å². The van der Waals surface area contributed by atoms with Gasteiger partial charge in [0.05, 0.1) is 42.0 Å². The fourth-order valence-electron chi connectivity index (χ4n) is 17.1. The van der Waals surface area contributed by atoms with Gasteiger partial charge in [-0.15, -0.1) is 0 Å². The molecule has 1 aromatic carbocycles. The van der Waals surface area contributed by atoms with Crippen LogP contribution in [0.1, 0.15) is 172 Å². The van der Waals surface area contributed by atoms with E-state index in [-0.39, 0.29) is 28.4 Å². The molecule has 3 saturated carbocycles. The summed E-state index contributed by atoms with van der Waals surface area (Å²) in [5, 5.41) is 0. The van der Waals surface area contributed by atoms with E-state index >= 15 is 0 Å². The lowest BCUT2D eigenvalue weighted by atomic mass is 9.47. The summed E-state index contributed by atoms with van der Waals surface area (Å²) in [4.78, 5) is 106. The SMILES string of the molecule is CC(=O)O[C@@H]1[C@@H](OC(C)=O)[C@H](C)O[C@@H](O[C@H]2[C@H](O[C@H]3CC[C@@]4(C)C(=CC[C@H]5[C@@H]6C[C@@H]7O[C@]8(CC[C@@H](C)CO8)[C@@H](C)[C@@H]7[C@@]6(C)CC[C@@H]54)C3)O[C@H](COC(=O)c3ccccc3)[C@@H](O[C@@H]3O[C@@H](C)[C@H](OC(C)=O)[C@@H](OC(C)=O)[C@H]3OC(C)=O)[C@@H]2OC(=O)C(C)(C)C)[C@@H]1OC(C)=O. The Labute approximate surface area is 544 Å². The van der Waals surface area contributed by atoms with Crippen LogP contribution in [0.25, 0.3) is 0 Å². The van der Waals surface area contributed by atoms with Crippen LogP contribution < -0.4 is 0 Å². The number of hydrogen-bond donors (Lipinski definition) is 0. The summed E-state index contributed by atoms with van der Waals surface area (Å²) in [6.07, 6.45) is -13.7. The zero-order valence-corrected chi connectivity index (χ0v) is 56.3. The van der Waals surface area contributed by atoms with Crippen molar-refractivity contribution in [1.29, 1.82) is 0 Å². The molecule has 0 radical (unpaired) electrons. The first-order valence-electron chi connectivity index (χ1n) is 33.2. The van der Waals surface area contributed by atoms with Crippen LogP contribution in [-0.2, 0) is 109 Å². The fourth-order valence-corrected chi connectivity index (χ4v) is 17.1. The molecule has 0 amide bonds. The smallest absolute Gasteiger partial charge is 0.338 e. The number of hydrogen-bond acceptors (Lipinski definition) is 24. The molecular weight excluding hydrogens is 1210 g/mol. The van der Waals surface area contributed by atoms with Gasteiger partial charge in [-0.1, -0.05) is 57.5 Å². The van der Waals surface area contributed by atoms with Gasteiger partial charge in [0.1, 0.15) is 18.8 Å². The lowest BCUT2D eigenvalue weighted by Crippen LogP contribution is -2.68. The van der Waals surface area contributed by atoms with E-state index in [0.717, 1.165) is 93.1 Å². The average Bonchev–Trinajstić information content (AvgIpc) is 1.54. The summed E-state index contributed by atoms with van der Waals surface area (Å²) in [5.74, 6) is -4.66. The van der Waals surface area contributed by atoms with E-state index in [4.69, 9.17) is 75.8 Å². The van der Waals surface area contributed by atoms with Gasteiger partial charge in [0.2, 0.25) is 0 Å². The molecule has 5 aliphatic heterocycles. The second kappa shape index (κ2) is 27.9. The first-order chi connectivity index (χ1) is 43.8. The van der Waals surface area contributed by atoms with Gasteiger partial charge < -0.3 is 75.8 Å². The molecule has 5 heterocycles. The largest absolute Gasteiger partial charge is 0.459 e. The maximum atomic E-state index is 14.8. The Morgan fingerprint density at radius 2 is 1.10 bits per heavy atom. The zero-order chi connectivity index (χ0) is 67.4. The zero-order valence-electron chi connectivity index (χ0n) is 56.3. The highest BCUT2D eigenvalue weighted by Gasteiger charge is 2.69. The van der Waals surface area contributed by atoms with Crippen molar-refractivity contribution in [2.45, 2.75) is 272 Å². The third-order valence-corrected chi connectivity index (χ3v) is 21.3. The van der Waals surface area contributed by atoms with Crippen LogP contribution in [0.15, 0.2) is 42.0 Å². The van der Waals surface area contributed by atoms with E-state index in [2.05, 4.69) is 33.8 Å². The van der Waals surface area contributed by atoms with Gasteiger partial charge in [-0.25, -0.2) is 4.79 Å². The average molecular weight is 1310 g/mol. The van der Waals surface area contributed by atoms with Crippen molar-refractivity contribution < 1.29 is 114 Å². The Bertz CT molecular complexity index is 2950. The highest BCUT2D eigenvalue weighted by atomic mass is 16.8. The van der Waals surface area contributed by atoms with Crippen LogP contribution in [0.5, 0.6) is 0 Å². The van der Waals surface area contributed by atoms with Gasteiger partial charge in [0.25, 0.3) is 0 Å². The van der Waals surface area contributed by atoms with Gasteiger partial charge in [0, 0.05) is 53.9 Å². The molecule has 93 heavy (non-hydrogen) atoms. The number of allylic oxidation sites excluding steroid dienone is 1. The van der Waals surface area contributed by atoms with Crippen molar-refractivity contribution in [1.82, 2.24) is 0 Å². The third kappa shape index (κ3) is 14.6. The molecule has 8 fully saturated rings. The highest BCUT2D eigenvalue weighted by molar-refractivity contribution is 5.89. The van der Waals surface area contributed by atoms with E-state index in [1.165, 1.54) is 19.4 Å². The maximum absolute atomic E-state index is 14.8. The molecule has 516 valence electrons. The molecule has 1 aromatic rings. The quantitative estimate of drug-likeness (QED) is 0.0857. The van der Waals surface area contributed by atoms with Gasteiger partial charge in [-0.05, 0) is 139 Å². The molecular formula is C69H96O24. The standard InChI is InChI=1S/C69H96O24/c1-33-23-28-69(79-31-33)34(2)51-49(93-69)30-48-46-22-21-44-29-45(24-26-67(44,14)47(46)25-27-68(48,51)15)88-64-60(91-63-59(87-42(10)75)56(85-40(8)73)53(36(4)81-63)83-38(6)71)57(92-65(77)66(11,12)13)54(50(89-64)32-78-61(76)43-19-17-16-18-20-43)90-62-58(86-41(9)74)55(84-39(7)72)52(35(3)80-62)82-37(5)70/h16-21,33-36,45-60,62-64H,22-32H2,1-15H3/t33-,34+,35+,36+,45+,46-,47+,48+,49+,50-,51+,52+,53+,54-,55-,56-,57+,58-,59-,60-,62+,63+,64-,67+,68+,69-/m1/s1. The molecule has 0 bridgehead atoms. The summed E-state index contributed by atoms with van der Waals surface area (Å²) >= 11 is 0. The molecule has 24 nitrogen and oxygen atoms in total. The van der Waals surface area contributed by atoms with Crippen LogP contribution in [-0.4, -0.2) is 171 Å². The van der Waals surface area contributed by atoms with Crippen molar-refractivity contribution in [3.63, 3.8) is 0 Å². The summed E-state index contributed by atoms with van der Waals surface area (Å²) < 4.78 is 102. The van der Waals surface area contributed by atoms with E-state index in [0.29, 0.717) is 42.4 Å². The second-order valence-electron chi connectivity index (χ2n) is 29.0. The van der Waals surface area contributed by atoms with Crippen LogP contribution in [0.4, 0.5) is 0 Å². The van der Waals surface area contributed by atoms with Crippen molar-refractivity contribution in [3.8, 4) is 0 Å². The minimum atomic E-state index is -1.78. The number of ether oxygens (including phenoxy) is 16. The van der Waals surface area contributed by atoms with Crippen molar-refractivity contribution in [3.05, 3.63) is 47.5 Å². The van der Waals surface area contributed by atoms with Crippen molar-refractivity contribution >= 4 is 47.8 Å². The molecule has 26 atom stereocenters. The molecule has 0 N–H and O–H groups in total. The van der Waals surface area contributed by atoms with Crippen LogP contribution in [0.3, 0.4) is 0 Å². The number of carbonyl (C=O) groups is 8. The number of carbonyl (C=O) groups excluding carboxylic acids is 8. The summed E-state index contributed by atoms with van der Waals surface area (Å²) in [6, 6.07) is 8.15. The maximum Gasteiger partial charge on any atom is 0.338 e. The number of fused-ring (bicyclic) bond motifs is 7. The summed E-state index contributed by atoms with van der Waals surface area (Å²) in [7, 11) is 0. The van der Waals surface area contributed by atoms with Gasteiger partial charge in [0.15, 0.2) is 73.5 Å². The molecule has 9 aliphatic rings. The lowest BCUT2D eigenvalue weighted by Gasteiger charge is -2.59. The molecule has 0 unspecified atom stereocenters. The Kier molecular flexibility index (Phi) is 21.0. The molecule has 10 rings (SSSR count). The van der Waals surface area contributed by atoms with E-state index in [9.17, 15) is 38.4 Å². The summed E-state index contributed by atoms with van der Waals surface area (Å²) in [6.45, 7) is 24.2. The second-order valence-corrected chi connectivity index (χ2v) is 29.0. The Balaban J connectivity index is 1.04. The fraction of sp³-hybridized carbons (Fsp3) is 0.768. The number of rotatable bonds is 16. The summed E-state index contributed by atoms with van der Waals surface area (Å²) in [5.41, 5.74) is 0.0501. The molecule has 24 heteroatoms. The van der Waals surface area contributed by atoms with Gasteiger partial charge in [-0.3, -0.25) is 33.6 Å². The molecule has 1 spiro atoms. The normalized spacial score (nSPS) is 41.9. The Morgan fingerprint density at radius 3 is 1.63 bits per heavy atom. The first kappa shape index (κ1) is 70.2. The third-order valence-electron chi connectivity index (χ3n) is 21.3. The first-order valence-corrected chi connectivity index (χ1v) is 33.2. The highest BCUT2D eigenvalue weighted by Crippen LogP contribution is 2.71. The van der Waals surface area contributed by atoms with E-state index in [1.54, 1.807) is 51.1 Å². The predicted octanol–water partition coefficient (Wildman–Crippen LogP) is 8.13. The number of esters is 8. The topological polar surface area (TPSA) is 284 Å². The van der Waals surface area contributed by atoms with E-state index < -0.39 is 164 Å². The predicted molar refractivity (Wildman–Crippen MR) is 323 cm³/mol. The van der Waals surface area contributed by atoms with Crippen LogP contribution in [0.2, 0.25) is 0 Å². The number of benzene rings is 1. The molecule has 5 saturated heterocycles.